The second-order valence-corrected chi connectivity index (χ2v) is 7.25. The molecule has 0 spiro atoms. The van der Waals surface area contributed by atoms with Crippen LogP contribution in [-0.4, -0.2) is 35.6 Å². The number of nitrogens with zero attached hydrogens (tertiary/aromatic N) is 1. The molecule has 1 unspecified atom stereocenters. The van der Waals surface area contributed by atoms with Gasteiger partial charge in [0.05, 0.1) is 15.7 Å². The number of nitrogens with one attached hydrogen (secondary N) is 1. The molecule has 1 N–H and O–H groups in total. The summed E-state index contributed by atoms with van der Waals surface area (Å²) in [6.45, 7) is 2.54. The quantitative estimate of drug-likeness (QED) is 0.854. The van der Waals surface area contributed by atoms with E-state index in [2.05, 4.69) is 5.32 Å². The first-order valence-electron chi connectivity index (χ1n) is 8.30. The number of benzene rings is 1. The van der Waals surface area contributed by atoms with Crippen molar-refractivity contribution in [1.29, 1.82) is 0 Å². The van der Waals surface area contributed by atoms with Crippen LogP contribution >= 0.6 is 11.3 Å². The fourth-order valence-corrected chi connectivity index (χ4v) is 3.81. The van der Waals surface area contributed by atoms with E-state index in [1.54, 1.807) is 17.0 Å². The van der Waals surface area contributed by atoms with Crippen molar-refractivity contribution in [3.05, 3.63) is 52.2 Å². The van der Waals surface area contributed by atoms with Crippen LogP contribution in [0.5, 0.6) is 0 Å². The van der Waals surface area contributed by atoms with Gasteiger partial charge in [-0.15, -0.1) is 11.3 Å². The number of carbonyl (C=O) groups excluding carboxylic acids is 3. The Hall–Kier alpha value is -2.47. The number of hydrogen-bond acceptors (Lipinski definition) is 4. The number of ketones is 1. The first-order chi connectivity index (χ1) is 12.0. The standard InChI is InChI=1S/C19H20N2O3S/c1-13(22)16-9-10-17(25-16)19(24)21-11-5-6-14(12-21)18(23)20-15-7-3-2-4-8-15/h2-4,7-10,14H,5-6,11-12H2,1H3,(H,20,23). The molecule has 0 saturated carbocycles. The molecular formula is C19H20N2O3S. The van der Waals surface area contributed by atoms with E-state index in [0.29, 0.717) is 22.8 Å². The highest BCUT2D eigenvalue weighted by Gasteiger charge is 2.29. The number of carbonyl (C=O) groups is 3. The van der Waals surface area contributed by atoms with Gasteiger partial charge in [-0.1, -0.05) is 18.2 Å². The number of thiophene rings is 1. The molecular weight excluding hydrogens is 336 g/mol. The predicted octanol–water partition coefficient (Wildman–Crippen LogP) is 3.44. The molecule has 0 radical (unpaired) electrons. The highest BCUT2D eigenvalue weighted by atomic mass is 32.1. The summed E-state index contributed by atoms with van der Waals surface area (Å²) in [5, 5.41) is 2.91. The molecule has 2 heterocycles. The zero-order valence-corrected chi connectivity index (χ0v) is 14.8. The lowest BCUT2D eigenvalue weighted by molar-refractivity contribution is -0.121. The third-order valence-corrected chi connectivity index (χ3v) is 5.46. The first kappa shape index (κ1) is 17.4. The van der Waals surface area contributed by atoms with E-state index < -0.39 is 0 Å². The van der Waals surface area contributed by atoms with Gasteiger partial charge in [0.25, 0.3) is 5.91 Å². The van der Waals surface area contributed by atoms with E-state index >= 15 is 0 Å². The highest BCUT2D eigenvalue weighted by molar-refractivity contribution is 7.15. The van der Waals surface area contributed by atoms with Crippen molar-refractivity contribution in [2.75, 3.05) is 18.4 Å². The maximum atomic E-state index is 12.7. The van der Waals surface area contributed by atoms with Crippen LogP contribution in [0.1, 0.15) is 39.1 Å². The lowest BCUT2D eigenvalue weighted by Gasteiger charge is -2.31. The molecule has 3 rings (SSSR count). The molecule has 130 valence electrons. The minimum Gasteiger partial charge on any atom is -0.337 e. The van der Waals surface area contributed by atoms with Crippen LogP contribution < -0.4 is 5.32 Å². The summed E-state index contributed by atoms with van der Waals surface area (Å²) in [6, 6.07) is 12.7. The van der Waals surface area contributed by atoms with Crippen LogP contribution in [0.25, 0.3) is 0 Å². The van der Waals surface area contributed by atoms with E-state index in [-0.39, 0.29) is 23.5 Å². The lowest BCUT2D eigenvalue weighted by atomic mass is 9.97. The summed E-state index contributed by atoms with van der Waals surface area (Å²) in [4.78, 5) is 39.4. The summed E-state index contributed by atoms with van der Waals surface area (Å²) < 4.78 is 0. The molecule has 1 aliphatic heterocycles. The highest BCUT2D eigenvalue weighted by Crippen LogP contribution is 2.24. The molecule has 5 nitrogen and oxygen atoms in total. The molecule has 25 heavy (non-hydrogen) atoms. The minimum absolute atomic E-state index is 0.0391. The van der Waals surface area contributed by atoms with Gasteiger partial charge in [0, 0.05) is 18.8 Å². The van der Waals surface area contributed by atoms with Crippen molar-refractivity contribution in [1.82, 2.24) is 4.90 Å². The number of piperidine rings is 1. The minimum atomic E-state index is -0.217. The topological polar surface area (TPSA) is 66.5 Å². The summed E-state index contributed by atoms with van der Waals surface area (Å²) in [6.07, 6.45) is 1.56. The van der Waals surface area contributed by atoms with Crippen LogP contribution in [0.3, 0.4) is 0 Å². The maximum absolute atomic E-state index is 12.7. The largest absolute Gasteiger partial charge is 0.337 e. The van der Waals surface area contributed by atoms with Crippen molar-refractivity contribution in [3.63, 3.8) is 0 Å². The number of para-hydroxylation sites is 1. The van der Waals surface area contributed by atoms with Crippen LogP contribution in [0.4, 0.5) is 5.69 Å². The van der Waals surface area contributed by atoms with Gasteiger partial charge in [-0.3, -0.25) is 14.4 Å². The molecule has 1 aliphatic rings. The van der Waals surface area contributed by atoms with E-state index in [4.69, 9.17) is 0 Å². The van der Waals surface area contributed by atoms with Gasteiger partial charge >= 0.3 is 0 Å². The number of likely N-dealkylation sites (tertiary alicyclic amines) is 1. The zero-order chi connectivity index (χ0) is 17.8. The molecule has 1 saturated heterocycles. The van der Waals surface area contributed by atoms with Gasteiger partial charge in [-0.25, -0.2) is 0 Å². The van der Waals surface area contributed by atoms with Crippen molar-refractivity contribution in [2.45, 2.75) is 19.8 Å². The van der Waals surface area contributed by atoms with Gasteiger partial charge in [0.15, 0.2) is 5.78 Å². The average molecular weight is 356 g/mol. The number of hydrogen-bond donors (Lipinski definition) is 1. The Morgan fingerprint density at radius 3 is 2.48 bits per heavy atom. The Morgan fingerprint density at radius 2 is 1.80 bits per heavy atom. The monoisotopic (exact) mass is 356 g/mol. The van der Waals surface area contributed by atoms with Crippen LogP contribution in [-0.2, 0) is 4.79 Å². The van der Waals surface area contributed by atoms with Crippen LogP contribution in [0, 0.1) is 5.92 Å². The van der Waals surface area contributed by atoms with Crippen LogP contribution in [0.15, 0.2) is 42.5 Å². The first-order valence-corrected chi connectivity index (χ1v) is 9.12. The third-order valence-electron chi connectivity index (χ3n) is 4.28. The molecule has 2 aromatic rings. The molecule has 6 heteroatoms. The SMILES string of the molecule is CC(=O)c1ccc(C(=O)N2CCCC(C(=O)Nc3ccccc3)C2)s1. The van der Waals surface area contributed by atoms with Crippen molar-refractivity contribution in [3.8, 4) is 0 Å². The van der Waals surface area contributed by atoms with Crippen molar-refractivity contribution in [2.24, 2.45) is 5.92 Å². The molecule has 0 aliphatic carbocycles. The fraction of sp³-hybridized carbons (Fsp3) is 0.316. The molecule has 1 aromatic heterocycles. The van der Waals surface area contributed by atoms with Gasteiger partial charge < -0.3 is 10.2 Å². The Morgan fingerprint density at radius 1 is 1.08 bits per heavy atom. The summed E-state index contributed by atoms with van der Waals surface area (Å²) in [5.41, 5.74) is 0.764. The summed E-state index contributed by atoms with van der Waals surface area (Å²) in [7, 11) is 0. The number of amides is 2. The zero-order valence-electron chi connectivity index (χ0n) is 14.0. The maximum Gasteiger partial charge on any atom is 0.263 e. The fourth-order valence-electron chi connectivity index (χ4n) is 2.94. The smallest absolute Gasteiger partial charge is 0.263 e. The van der Waals surface area contributed by atoms with Gasteiger partial charge in [0.1, 0.15) is 0 Å². The van der Waals surface area contributed by atoms with E-state index in [0.717, 1.165) is 18.5 Å². The van der Waals surface area contributed by atoms with Crippen LogP contribution in [0.2, 0.25) is 0 Å². The van der Waals surface area contributed by atoms with Crippen molar-refractivity contribution < 1.29 is 14.4 Å². The summed E-state index contributed by atoms with van der Waals surface area (Å²) in [5.74, 6) is -0.415. The molecule has 1 aromatic carbocycles. The van der Waals surface area contributed by atoms with Gasteiger partial charge in [-0.05, 0) is 44.0 Å². The second kappa shape index (κ2) is 7.61. The second-order valence-electron chi connectivity index (χ2n) is 6.17. The molecule has 2 amide bonds. The van der Waals surface area contributed by atoms with Gasteiger partial charge in [0.2, 0.25) is 5.91 Å². The number of anilines is 1. The third kappa shape index (κ3) is 4.14. The lowest BCUT2D eigenvalue weighted by Crippen LogP contribution is -2.43. The molecule has 0 bridgehead atoms. The van der Waals surface area contributed by atoms with E-state index in [1.165, 1.54) is 18.3 Å². The van der Waals surface area contributed by atoms with E-state index in [1.807, 2.05) is 30.3 Å². The average Bonchev–Trinajstić information content (AvgIpc) is 3.12. The van der Waals surface area contributed by atoms with E-state index in [9.17, 15) is 14.4 Å². The Balaban J connectivity index is 1.64. The predicted molar refractivity (Wildman–Crippen MR) is 98.0 cm³/mol. The normalized spacial score (nSPS) is 17.2. The van der Waals surface area contributed by atoms with Gasteiger partial charge in [-0.2, -0.15) is 0 Å². The Bertz CT molecular complexity index is 785. The number of rotatable bonds is 4. The Labute approximate surface area is 150 Å². The summed E-state index contributed by atoms with van der Waals surface area (Å²) >= 11 is 1.21. The molecule has 1 atom stereocenters. The molecule has 1 fully saturated rings. The Kier molecular flexibility index (Phi) is 5.28. The van der Waals surface area contributed by atoms with Crippen molar-refractivity contribution >= 4 is 34.6 Å². The number of Topliss-reactive ketones (excluding diaryl/α,β-unsaturated/α-hetero) is 1.